The van der Waals surface area contributed by atoms with E-state index < -0.39 is 6.09 Å². The van der Waals surface area contributed by atoms with E-state index in [1.165, 1.54) is 0 Å². The number of nitrogens with zero attached hydrogens (tertiary/aromatic N) is 1. The van der Waals surface area contributed by atoms with Crippen LogP contribution in [0, 0.1) is 24.2 Å². The Morgan fingerprint density at radius 3 is 2.75 bits per heavy atom. The van der Waals surface area contributed by atoms with Gasteiger partial charge in [0.2, 0.25) is 5.91 Å². The van der Waals surface area contributed by atoms with Crippen LogP contribution in [-0.4, -0.2) is 49.7 Å². The topological polar surface area (TPSA) is 67.9 Å². The third kappa shape index (κ3) is 6.58. The summed E-state index contributed by atoms with van der Waals surface area (Å²) in [5.74, 6) is 2.49. The number of hydrogen-bond donors (Lipinski definition) is 1. The monoisotopic (exact) mass is 386 g/mol. The van der Waals surface area contributed by atoms with E-state index in [9.17, 15) is 9.59 Å². The predicted octanol–water partition coefficient (Wildman–Crippen LogP) is 2.83. The lowest BCUT2D eigenvalue weighted by molar-refractivity contribution is -0.135. The van der Waals surface area contributed by atoms with Gasteiger partial charge in [-0.05, 0) is 18.4 Å². The molecule has 0 bridgehead atoms. The highest BCUT2D eigenvalue weighted by Crippen LogP contribution is 2.22. The first-order valence-corrected chi connectivity index (χ1v) is 9.73. The van der Waals surface area contributed by atoms with Crippen molar-refractivity contribution in [1.82, 2.24) is 10.2 Å². The highest BCUT2D eigenvalue weighted by molar-refractivity contribution is 5.78. The minimum atomic E-state index is -0.461. The highest BCUT2D eigenvalue weighted by atomic mass is 16.5. The Hall–Kier alpha value is -2.52. The standard InChI is InChI=1S/C22H30N2O4/c1-4-13-24-14-19(16-27-3)20(12-8-9-17(2)21(24)25)23-22(26)28-15-18-10-6-5-7-11-18/h1,5-7,10-11,17,19-20H,8-9,12-16H2,2-3H3,(H,23,26)/t17?,19-,20+/m1/s1. The van der Waals surface area contributed by atoms with Gasteiger partial charge in [0.15, 0.2) is 0 Å². The summed E-state index contributed by atoms with van der Waals surface area (Å²) in [5, 5.41) is 2.98. The first-order chi connectivity index (χ1) is 13.5. The zero-order chi connectivity index (χ0) is 20.4. The molecule has 0 aromatic heterocycles. The third-order valence-electron chi connectivity index (χ3n) is 5.09. The first kappa shape index (κ1) is 21.8. The van der Waals surface area contributed by atoms with Gasteiger partial charge in [0.25, 0.3) is 0 Å². The van der Waals surface area contributed by atoms with Crippen molar-refractivity contribution in [3.05, 3.63) is 35.9 Å². The van der Waals surface area contributed by atoms with Crippen LogP contribution in [-0.2, 0) is 20.9 Å². The molecule has 1 heterocycles. The molecule has 1 aromatic rings. The van der Waals surface area contributed by atoms with Crippen LogP contribution in [0.4, 0.5) is 4.79 Å². The maximum Gasteiger partial charge on any atom is 0.407 e. The third-order valence-corrected chi connectivity index (χ3v) is 5.09. The predicted molar refractivity (Wildman–Crippen MR) is 107 cm³/mol. The van der Waals surface area contributed by atoms with Crippen molar-refractivity contribution >= 4 is 12.0 Å². The molecule has 0 radical (unpaired) electrons. The Bertz CT molecular complexity index is 671. The summed E-state index contributed by atoms with van der Waals surface area (Å²) in [5.41, 5.74) is 0.931. The molecule has 152 valence electrons. The van der Waals surface area contributed by atoms with Gasteiger partial charge in [-0.15, -0.1) is 6.42 Å². The minimum Gasteiger partial charge on any atom is -0.445 e. The van der Waals surface area contributed by atoms with E-state index in [1.807, 2.05) is 37.3 Å². The number of hydrogen-bond acceptors (Lipinski definition) is 4. The first-order valence-electron chi connectivity index (χ1n) is 9.73. The molecule has 2 rings (SSSR count). The molecular weight excluding hydrogens is 356 g/mol. The molecule has 1 N–H and O–H groups in total. The van der Waals surface area contributed by atoms with Crippen molar-refractivity contribution in [3.63, 3.8) is 0 Å². The van der Waals surface area contributed by atoms with Gasteiger partial charge in [0.05, 0.1) is 13.2 Å². The van der Waals surface area contributed by atoms with Gasteiger partial charge < -0.3 is 19.7 Å². The normalized spacial score (nSPS) is 23.1. The van der Waals surface area contributed by atoms with Gasteiger partial charge in [-0.3, -0.25) is 4.79 Å². The lowest BCUT2D eigenvalue weighted by Crippen LogP contribution is -2.48. The number of carbonyl (C=O) groups excluding carboxylic acids is 2. The molecule has 6 nitrogen and oxygen atoms in total. The molecule has 1 aromatic carbocycles. The summed E-state index contributed by atoms with van der Waals surface area (Å²) < 4.78 is 10.7. The van der Waals surface area contributed by atoms with Crippen molar-refractivity contribution < 1.29 is 19.1 Å². The molecule has 0 saturated carbocycles. The van der Waals surface area contributed by atoms with Crippen molar-refractivity contribution in [3.8, 4) is 12.3 Å². The van der Waals surface area contributed by atoms with Crippen molar-refractivity contribution in [2.75, 3.05) is 26.8 Å². The van der Waals surface area contributed by atoms with E-state index in [1.54, 1.807) is 12.0 Å². The fraction of sp³-hybridized carbons (Fsp3) is 0.545. The Kier molecular flexibility index (Phi) is 8.83. The molecule has 1 aliphatic heterocycles. The van der Waals surface area contributed by atoms with Gasteiger partial charge in [0, 0.05) is 31.5 Å². The average molecular weight is 386 g/mol. The second kappa shape index (κ2) is 11.4. The second-order valence-corrected chi connectivity index (χ2v) is 7.28. The van der Waals surface area contributed by atoms with Crippen LogP contribution in [0.2, 0.25) is 0 Å². The van der Waals surface area contributed by atoms with Crippen LogP contribution in [0.5, 0.6) is 0 Å². The summed E-state index contributed by atoms with van der Waals surface area (Å²) in [7, 11) is 1.62. The Balaban J connectivity index is 2.04. The number of methoxy groups -OCH3 is 1. The van der Waals surface area contributed by atoms with Crippen LogP contribution in [0.15, 0.2) is 30.3 Å². The van der Waals surface area contributed by atoms with Gasteiger partial charge in [-0.25, -0.2) is 4.79 Å². The summed E-state index contributed by atoms with van der Waals surface area (Å²) in [6.45, 7) is 3.28. The van der Waals surface area contributed by atoms with Crippen LogP contribution in [0.1, 0.15) is 31.7 Å². The zero-order valence-corrected chi connectivity index (χ0v) is 16.7. The van der Waals surface area contributed by atoms with Gasteiger partial charge in [-0.1, -0.05) is 49.6 Å². The molecular formula is C22H30N2O4. The molecule has 6 heteroatoms. The van der Waals surface area contributed by atoms with E-state index in [2.05, 4.69) is 11.2 Å². The number of benzene rings is 1. The quantitative estimate of drug-likeness (QED) is 0.764. The Morgan fingerprint density at radius 2 is 2.07 bits per heavy atom. The largest absolute Gasteiger partial charge is 0.445 e. The SMILES string of the molecule is C#CCN1C[C@H](COC)[C@@H](NC(=O)OCc2ccccc2)CCCC(C)C1=O. The molecule has 3 atom stereocenters. The van der Waals surface area contributed by atoms with E-state index in [-0.39, 0.29) is 36.9 Å². The smallest absolute Gasteiger partial charge is 0.407 e. The number of rotatable bonds is 6. The molecule has 1 saturated heterocycles. The summed E-state index contributed by atoms with van der Waals surface area (Å²) >= 11 is 0. The van der Waals surface area contributed by atoms with Gasteiger partial charge in [-0.2, -0.15) is 0 Å². The van der Waals surface area contributed by atoms with Crippen LogP contribution in [0.3, 0.4) is 0 Å². The van der Waals surface area contributed by atoms with Crippen molar-refractivity contribution in [1.29, 1.82) is 0 Å². The fourth-order valence-electron chi connectivity index (χ4n) is 3.56. The van der Waals surface area contributed by atoms with E-state index >= 15 is 0 Å². The average Bonchev–Trinajstić information content (AvgIpc) is 2.74. The Morgan fingerprint density at radius 1 is 1.32 bits per heavy atom. The van der Waals surface area contributed by atoms with E-state index in [0.29, 0.717) is 13.2 Å². The Labute approximate surface area is 167 Å². The van der Waals surface area contributed by atoms with Crippen molar-refractivity contribution in [2.45, 2.75) is 38.8 Å². The van der Waals surface area contributed by atoms with Crippen molar-refractivity contribution in [2.24, 2.45) is 11.8 Å². The van der Waals surface area contributed by atoms with E-state index in [0.717, 1.165) is 24.8 Å². The van der Waals surface area contributed by atoms with Crippen LogP contribution < -0.4 is 5.32 Å². The summed E-state index contributed by atoms with van der Waals surface area (Å²) in [6, 6.07) is 9.39. The lowest BCUT2D eigenvalue weighted by Gasteiger charge is -2.31. The second-order valence-electron chi connectivity index (χ2n) is 7.28. The molecule has 2 amide bonds. The molecule has 1 unspecified atom stereocenters. The zero-order valence-electron chi connectivity index (χ0n) is 16.7. The van der Waals surface area contributed by atoms with E-state index in [4.69, 9.17) is 15.9 Å². The van der Waals surface area contributed by atoms with Gasteiger partial charge >= 0.3 is 6.09 Å². The number of alkyl carbamates (subject to hydrolysis) is 1. The number of amides is 2. The molecule has 0 aliphatic carbocycles. The molecule has 1 aliphatic rings. The lowest BCUT2D eigenvalue weighted by atomic mass is 9.94. The molecule has 28 heavy (non-hydrogen) atoms. The number of terminal acetylenes is 1. The molecule has 1 fully saturated rings. The molecule has 0 spiro atoms. The number of carbonyl (C=O) groups is 2. The maximum absolute atomic E-state index is 12.7. The minimum absolute atomic E-state index is 0.0584. The summed E-state index contributed by atoms with van der Waals surface area (Å²) in [6.07, 6.45) is 7.35. The fourth-order valence-corrected chi connectivity index (χ4v) is 3.56. The maximum atomic E-state index is 12.7. The van der Waals surface area contributed by atoms with Crippen LogP contribution in [0.25, 0.3) is 0 Å². The summed E-state index contributed by atoms with van der Waals surface area (Å²) in [4.78, 5) is 26.7. The van der Waals surface area contributed by atoms with Gasteiger partial charge in [0.1, 0.15) is 6.61 Å². The number of nitrogens with one attached hydrogen (secondary N) is 1. The van der Waals surface area contributed by atoms with Crippen LogP contribution >= 0.6 is 0 Å². The highest BCUT2D eigenvalue weighted by Gasteiger charge is 2.31. The number of ether oxygens (including phenoxy) is 2.